The van der Waals surface area contributed by atoms with Gasteiger partial charge in [0, 0.05) is 32.2 Å². The van der Waals surface area contributed by atoms with Crippen molar-refractivity contribution in [3.8, 4) is 0 Å². The Bertz CT molecular complexity index is 83.3. The molecule has 1 N–H and O–H groups in total. The van der Waals surface area contributed by atoms with Crippen LogP contribution in [0.25, 0.3) is 0 Å². The van der Waals surface area contributed by atoms with Gasteiger partial charge in [0.1, 0.15) is 0 Å². The number of nitrogens with one attached hydrogen (secondary N) is 1. The van der Waals surface area contributed by atoms with E-state index in [1.165, 1.54) is 6.42 Å². The molecule has 10 heavy (non-hydrogen) atoms. The molecule has 0 aromatic carbocycles. The highest BCUT2D eigenvalue weighted by atomic mass is 15.2. The molecule has 0 aromatic heterocycles. The van der Waals surface area contributed by atoms with E-state index in [-0.39, 0.29) is 0 Å². The van der Waals surface area contributed by atoms with Gasteiger partial charge in [0.2, 0.25) is 0 Å². The van der Waals surface area contributed by atoms with Gasteiger partial charge in [-0.25, -0.2) is 0 Å². The average Bonchev–Trinajstić information content (AvgIpc) is 2.05. The molecule has 1 unspecified atom stereocenters. The van der Waals surface area contributed by atoms with Crippen LogP contribution in [0.5, 0.6) is 0 Å². The zero-order valence-electron chi connectivity index (χ0n) is 6.64. The van der Waals surface area contributed by atoms with Crippen LogP contribution >= 0.6 is 0 Å². The highest BCUT2D eigenvalue weighted by Gasteiger charge is 2.15. The quantitative estimate of drug-likeness (QED) is 0.596. The largest absolute Gasteiger partial charge is 0.311 e. The van der Waals surface area contributed by atoms with Gasteiger partial charge in [0.25, 0.3) is 0 Å². The number of rotatable bonds is 2. The lowest BCUT2D eigenvalue weighted by Crippen LogP contribution is -2.50. The fraction of sp³-hybridized carbons (Fsp3) is 0.875. The third-order valence-electron chi connectivity index (χ3n) is 2.09. The number of hydrogen-bond donors (Lipinski definition) is 1. The van der Waals surface area contributed by atoms with E-state index in [1.54, 1.807) is 0 Å². The topological polar surface area (TPSA) is 15.3 Å². The third kappa shape index (κ3) is 1.96. The predicted molar refractivity (Wildman–Crippen MR) is 42.8 cm³/mol. The van der Waals surface area contributed by atoms with Crippen LogP contribution in [0.1, 0.15) is 13.3 Å². The van der Waals surface area contributed by atoms with Gasteiger partial charge in [-0.3, -0.25) is 0 Å². The van der Waals surface area contributed by atoms with Crippen LogP contribution in [0.2, 0.25) is 0 Å². The van der Waals surface area contributed by atoms with Crippen molar-refractivity contribution < 1.29 is 0 Å². The Morgan fingerprint density at radius 2 is 2.50 bits per heavy atom. The summed E-state index contributed by atoms with van der Waals surface area (Å²) in [6.07, 6.45) is 1.20. The fourth-order valence-corrected chi connectivity index (χ4v) is 1.33. The van der Waals surface area contributed by atoms with Crippen molar-refractivity contribution in [1.82, 2.24) is 10.2 Å². The van der Waals surface area contributed by atoms with Crippen LogP contribution < -0.4 is 5.32 Å². The molecule has 1 heterocycles. The van der Waals surface area contributed by atoms with Gasteiger partial charge in [-0.2, -0.15) is 0 Å². The Morgan fingerprint density at radius 1 is 1.70 bits per heavy atom. The standard InChI is InChI=1S/C8H16N2/c1-3-8-7-10(4-2)6-5-9-8/h2,8-9H,3-7H2,1H3. The molecule has 1 fully saturated rings. The van der Waals surface area contributed by atoms with E-state index in [1.807, 2.05) is 0 Å². The van der Waals surface area contributed by atoms with E-state index in [9.17, 15) is 0 Å². The Hall–Kier alpha value is -0.0800. The molecule has 0 bridgehead atoms. The molecule has 1 saturated heterocycles. The van der Waals surface area contributed by atoms with Gasteiger partial charge < -0.3 is 10.2 Å². The van der Waals surface area contributed by atoms with Gasteiger partial charge in [-0.15, -0.1) is 0 Å². The lowest BCUT2D eigenvalue weighted by molar-refractivity contribution is 0.214. The maximum absolute atomic E-state index is 5.52. The number of nitrogens with zero attached hydrogens (tertiary/aromatic N) is 1. The predicted octanol–water partition coefficient (Wildman–Crippen LogP) is 0.381. The molecular formula is C8H16N2. The van der Waals surface area contributed by atoms with Gasteiger partial charge >= 0.3 is 0 Å². The lowest BCUT2D eigenvalue weighted by Gasteiger charge is -2.32. The Labute approximate surface area is 63.6 Å². The first kappa shape index (κ1) is 8.02. The Balaban J connectivity index is 2.25. The zero-order valence-corrected chi connectivity index (χ0v) is 6.64. The minimum Gasteiger partial charge on any atom is -0.311 e. The first-order valence-electron chi connectivity index (χ1n) is 4.02. The van der Waals surface area contributed by atoms with Crippen LogP contribution in [0.15, 0.2) is 0 Å². The molecule has 2 heteroatoms. The van der Waals surface area contributed by atoms with E-state index in [4.69, 9.17) is 6.92 Å². The molecule has 0 amide bonds. The van der Waals surface area contributed by atoms with Gasteiger partial charge in [-0.1, -0.05) is 6.92 Å². The van der Waals surface area contributed by atoms with E-state index >= 15 is 0 Å². The minimum absolute atomic E-state index is 0.664. The molecule has 0 spiro atoms. The SMILES string of the molecule is [CH]CN1CCNC(CC)C1. The first-order chi connectivity index (χ1) is 4.86. The molecule has 58 valence electrons. The maximum Gasteiger partial charge on any atom is 0.0192 e. The van der Waals surface area contributed by atoms with Crippen LogP contribution in [-0.4, -0.2) is 37.1 Å². The highest BCUT2D eigenvalue weighted by Crippen LogP contribution is 2.00. The van der Waals surface area contributed by atoms with Crippen LogP contribution in [0.3, 0.4) is 0 Å². The summed E-state index contributed by atoms with van der Waals surface area (Å²) in [5.74, 6) is 0. The first-order valence-corrected chi connectivity index (χ1v) is 4.02. The monoisotopic (exact) mass is 140 g/mol. The van der Waals surface area contributed by atoms with Crippen molar-refractivity contribution in [1.29, 1.82) is 0 Å². The van der Waals surface area contributed by atoms with Crippen molar-refractivity contribution in [2.45, 2.75) is 19.4 Å². The van der Waals surface area contributed by atoms with Gasteiger partial charge in [0.05, 0.1) is 0 Å². The number of hydrogen-bond acceptors (Lipinski definition) is 2. The minimum atomic E-state index is 0.664. The summed E-state index contributed by atoms with van der Waals surface area (Å²) in [7, 11) is 0. The van der Waals surface area contributed by atoms with Crippen LogP contribution in [-0.2, 0) is 0 Å². The summed E-state index contributed by atoms with van der Waals surface area (Å²) in [5.41, 5.74) is 0. The third-order valence-corrected chi connectivity index (χ3v) is 2.09. The van der Waals surface area contributed by atoms with Crippen molar-refractivity contribution in [3.63, 3.8) is 0 Å². The molecule has 2 nitrogen and oxygen atoms in total. The van der Waals surface area contributed by atoms with Gasteiger partial charge in [-0.05, 0) is 13.3 Å². The lowest BCUT2D eigenvalue weighted by atomic mass is 10.1. The molecule has 1 rings (SSSR count). The van der Waals surface area contributed by atoms with E-state index in [0.29, 0.717) is 12.6 Å². The molecule has 0 saturated carbocycles. The second-order valence-corrected chi connectivity index (χ2v) is 2.82. The Morgan fingerprint density at radius 3 is 3.10 bits per heavy atom. The van der Waals surface area contributed by atoms with Crippen molar-refractivity contribution in [3.05, 3.63) is 6.92 Å². The van der Waals surface area contributed by atoms with Crippen molar-refractivity contribution in [2.75, 3.05) is 26.2 Å². The summed E-state index contributed by atoms with van der Waals surface area (Å²) >= 11 is 0. The van der Waals surface area contributed by atoms with E-state index < -0.39 is 0 Å². The molecular weight excluding hydrogens is 124 g/mol. The second kappa shape index (κ2) is 3.94. The average molecular weight is 140 g/mol. The highest BCUT2D eigenvalue weighted by molar-refractivity contribution is 4.77. The molecule has 1 aliphatic rings. The Kier molecular flexibility index (Phi) is 3.16. The molecule has 1 aliphatic heterocycles. The summed E-state index contributed by atoms with van der Waals surface area (Å²) in [6.45, 7) is 11.7. The second-order valence-electron chi connectivity index (χ2n) is 2.82. The summed E-state index contributed by atoms with van der Waals surface area (Å²) in [6, 6.07) is 0.664. The van der Waals surface area contributed by atoms with E-state index in [0.717, 1.165) is 19.6 Å². The molecule has 0 aromatic rings. The number of piperazine rings is 1. The molecule has 0 aliphatic carbocycles. The van der Waals surface area contributed by atoms with Crippen LogP contribution in [0.4, 0.5) is 0 Å². The smallest absolute Gasteiger partial charge is 0.0192 e. The van der Waals surface area contributed by atoms with Crippen molar-refractivity contribution >= 4 is 0 Å². The molecule has 1 atom stereocenters. The zero-order chi connectivity index (χ0) is 7.40. The van der Waals surface area contributed by atoms with Crippen LogP contribution in [0, 0.1) is 6.92 Å². The van der Waals surface area contributed by atoms with Crippen molar-refractivity contribution in [2.24, 2.45) is 0 Å². The summed E-state index contributed by atoms with van der Waals surface area (Å²) in [4.78, 5) is 2.28. The van der Waals surface area contributed by atoms with E-state index in [2.05, 4.69) is 17.1 Å². The summed E-state index contributed by atoms with van der Waals surface area (Å²) in [5, 5.41) is 3.44. The maximum atomic E-state index is 5.52. The molecule has 2 radical (unpaired) electrons. The fourth-order valence-electron chi connectivity index (χ4n) is 1.33. The van der Waals surface area contributed by atoms with Gasteiger partial charge in [0.15, 0.2) is 0 Å². The summed E-state index contributed by atoms with van der Waals surface area (Å²) < 4.78 is 0. The normalized spacial score (nSPS) is 28.8.